The van der Waals surface area contributed by atoms with E-state index in [1.807, 2.05) is 6.92 Å². The van der Waals surface area contributed by atoms with Gasteiger partial charge in [-0.2, -0.15) is 0 Å². The van der Waals surface area contributed by atoms with Gasteiger partial charge in [0.25, 0.3) is 10.0 Å². The van der Waals surface area contributed by atoms with E-state index in [4.69, 9.17) is 0 Å². The topological polar surface area (TPSA) is 108 Å². The molecule has 0 saturated heterocycles. The van der Waals surface area contributed by atoms with Crippen molar-refractivity contribution in [2.45, 2.75) is 69.2 Å². The van der Waals surface area contributed by atoms with E-state index < -0.39 is 16.1 Å². The van der Waals surface area contributed by atoms with Gasteiger partial charge in [0, 0.05) is 25.7 Å². The predicted molar refractivity (Wildman–Crippen MR) is 115 cm³/mol. The molecule has 1 saturated carbocycles. The first kappa shape index (κ1) is 22.4. The van der Waals surface area contributed by atoms with Crippen molar-refractivity contribution in [2.24, 2.45) is 0 Å². The number of nitrogens with zero attached hydrogens (tertiary/aromatic N) is 1. The van der Waals surface area contributed by atoms with Crippen LogP contribution in [-0.4, -0.2) is 51.1 Å². The molecular formula is C21H32N4O4S. The van der Waals surface area contributed by atoms with Gasteiger partial charge in [0.2, 0.25) is 0 Å². The van der Waals surface area contributed by atoms with Crippen molar-refractivity contribution in [1.29, 1.82) is 0 Å². The van der Waals surface area contributed by atoms with Crippen molar-refractivity contribution >= 4 is 22.1 Å². The minimum atomic E-state index is -3.95. The summed E-state index contributed by atoms with van der Waals surface area (Å²) >= 11 is 0. The van der Waals surface area contributed by atoms with Gasteiger partial charge < -0.3 is 15.5 Å². The molecule has 0 spiro atoms. The largest absolute Gasteiger partial charge is 0.338 e. The second kappa shape index (κ2) is 10.1. The van der Waals surface area contributed by atoms with Crippen LogP contribution in [-0.2, 0) is 22.9 Å². The highest BCUT2D eigenvalue weighted by atomic mass is 32.2. The molecule has 1 aliphatic heterocycles. The van der Waals surface area contributed by atoms with Gasteiger partial charge in [0.05, 0.1) is 4.90 Å². The Morgan fingerprint density at radius 1 is 1.07 bits per heavy atom. The average Bonchev–Trinajstić information content (AvgIpc) is 2.94. The third-order valence-electron chi connectivity index (χ3n) is 5.77. The number of carbonyl (C=O) groups excluding carboxylic acids is 2. The van der Waals surface area contributed by atoms with Crippen LogP contribution >= 0.6 is 0 Å². The van der Waals surface area contributed by atoms with Crippen LogP contribution in [0.3, 0.4) is 0 Å². The number of carbonyl (C=O) groups is 2. The number of fused-ring (bicyclic) bond motifs is 1. The third-order valence-corrected chi connectivity index (χ3v) is 7.10. The number of rotatable bonds is 5. The lowest BCUT2D eigenvalue weighted by atomic mass is 9.96. The van der Waals surface area contributed by atoms with Crippen molar-refractivity contribution in [1.82, 2.24) is 20.3 Å². The van der Waals surface area contributed by atoms with E-state index in [1.54, 1.807) is 17.0 Å². The van der Waals surface area contributed by atoms with Crippen molar-refractivity contribution in [2.75, 3.05) is 19.6 Å². The van der Waals surface area contributed by atoms with Crippen LogP contribution in [0.2, 0.25) is 0 Å². The lowest BCUT2D eigenvalue weighted by Gasteiger charge is -2.22. The Kier molecular flexibility index (Phi) is 7.58. The van der Waals surface area contributed by atoms with Gasteiger partial charge >= 0.3 is 12.1 Å². The second-order valence-electron chi connectivity index (χ2n) is 8.06. The summed E-state index contributed by atoms with van der Waals surface area (Å²) in [4.78, 5) is 26.3. The molecule has 0 atom stereocenters. The summed E-state index contributed by atoms with van der Waals surface area (Å²) in [6.45, 7) is 3.77. The smallest absolute Gasteiger partial charge is 0.328 e. The lowest BCUT2D eigenvalue weighted by Crippen LogP contribution is -2.45. The SMILES string of the molecule is CCCNC(=O)N1CCc2ccc(S(=O)(=O)NC(=O)NC3CCCCC3)cc2CC1. The van der Waals surface area contributed by atoms with Crippen molar-refractivity contribution in [3.63, 3.8) is 0 Å². The molecule has 1 heterocycles. The maximum absolute atomic E-state index is 12.7. The molecule has 3 N–H and O–H groups in total. The standard InChI is InChI=1S/C21H32N4O4S/c1-2-12-22-21(27)25-13-10-16-8-9-19(15-17(16)11-14-25)30(28,29)24-20(26)23-18-6-4-3-5-7-18/h8-9,15,18H,2-7,10-14H2,1H3,(H,22,27)(H2,23,24,26). The Morgan fingerprint density at radius 3 is 2.47 bits per heavy atom. The highest BCUT2D eigenvalue weighted by molar-refractivity contribution is 7.90. The van der Waals surface area contributed by atoms with Crippen molar-refractivity contribution < 1.29 is 18.0 Å². The fourth-order valence-electron chi connectivity index (χ4n) is 4.06. The molecule has 1 aliphatic carbocycles. The van der Waals surface area contributed by atoms with Gasteiger partial charge in [-0.05, 0) is 55.4 Å². The number of benzene rings is 1. The van der Waals surface area contributed by atoms with E-state index in [0.717, 1.165) is 49.7 Å². The summed E-state index contributed by atoms with van der Waals surface area (Å²) in [5.74, 6) is 0. The van der Waals surface area contributed by atoms with E-state index in [-0.39, 0.29) is 17.0 Å². The maximum atomic E-state index is 12.7. The fourth-order valence-corrected chi connectivity index (χ4v) is 5.02. The molecule has 0 aromatic heterocycles. The molecule has 9 heteroatoms. The molecule has 1 fully saturated rings. The molecule has 166 valence electrons. The van der Waals surface area contributed by atoms with E-state index in [0.29, 0.717) is 32.5 Å². The first-order valence-corrected chi connectivity index (χ1v) is 12.4. The van der Waals surface area contributed by atoms with Crippen molar-refractivity contribution in [3.05, 3.63) is 29.3 Å². The molecule has 8 nitrogen and oxygen atoms in total. The van der Waals surface area contributed by atoms with Gasteiger partial charge in [0.1, 0.15) is 0 Å². The first-order chi connectivity index (χ1) is 14.4. The maximum Gasteiger partial charge on any atom is 0.328 e. The number of nitrogens with one attached hydrogen (secondary N) is 3. The third kappa shape index (κ3) is 5.87. The number of amides is 4. The number of hydrogen-bond donors (Lipinski definition) is 3. The van der Waals surface area contributed by atoms with Crippen LogP contribution in [0.25, 0.3) is 0 Å². The minimum absolute atomic E-state index is 0.0332. The Hall–Kier alpha value is -2.29. The molecule has 4 amide bonds. The summed E-state index contributed by atoms with van der Waals surface area (Å²) in [6.07, 6.45) is 7.15. The molecule has 0 radical (unpaired) electrons. The van der Waals surface area contributed by atoms with Crippen molar-refractivity contribution in [3.8, 4) is 0 Å². The number of urea groups is 2. The quantitative estimate of drug-likeness (QED) is 0.659. The van der Waals surface area contributed by atoms with Crippen LogP contribution in [0.15, 0.2) is 23.1 Å². The van der Waals surface area contributed by atoms with E-state index >= 15 is 0 Å². The van der Waals surface area contributed by atoms with E-state index in [2.05, 4.69) is 15.4 Å². The van der Waals surface area contributed by atoms with Crippen LogP contribution in [0.4, 0.5) is 9.59 Å². The fraction of sp³-hybridized carbons (Fsp3) is 0.619. The molecule has 1 aromatic carbocycles. The first-order valence-electron chi connectivity index (χ1n) is 10.9. The van der Waals surface area contributed by atoms with E-state index in [9.17, 15) is 18.0 Å². The summed E-state index contributed by atoms with van der Waals surface area (Å²) in [6, 6.07) is 4.22. The molecule has 3 rings (SSSR count). The summed E-state index contributed by atoms with van der Waals surface area (Å²) in [5.41, 5.74) is 1.93. The Bertz CT molecular complexity index is 866. The van der Waals surface area contributed by atoms with Crippen LogP contribution < -0.4 is 15.4 Å². The zero-order valence-corrected chi connectivity index (χ0v) is 18.4. The summed E-state index contributed by atoms with van der Waals surface area (Å²) in [7, 11) is -3.95. The molecule has 0 bridgehead atoms. The van der Waals surface area contributed by atoms with E-state index in [1.165, 1.54) is 6.07 Å². The predicted octanol–water partition coefficient (Wildman–Crippen LogP) is 2.53. The second-order valence-corrected chi connectivity index (χ2v) is 9.75. The highest BCUT2D eigenvalue weighted by Gasteiger charge is 2.24. The van der Waals surface area contributed by atoms with Gasteiger partial charge in [0.15, 0.2) is 0 Å². The number of hydrogen-bond acceptors (Lipinski definition) is 4. The van der Waals surface area contributed by atoms with Gasteiger partial charge in [-0.3, -0.25) is 0 Å². The van der Waals surface area contributed by atoms with Gasteiger partial charge in [-0.15, -0.1) is 0 Å². The minimum Gasteiger partial charge on any atom is -0.338 e. The monoisotopic (exact) mass is 436 g/mol. The molecule has 1 aromatic rings. The molecule has 0 unspecified atom stereocenters. The van der Waals surface area contributed by atoms with Gasteiger partial charge in [-0.1, -0.05) is 32.3 Å². The molecular weight excluding hydrogens is 404 g/mol. The normalized spacial score (nSPS) is 17.6. The number of sulfonamides is 1. The van der Waals surface area contributed by atoms with Gasteiger partial charge in [-0.25, -0.2) is 22.7 Å². The van der Waals surface area contributed by atoms with Crippen LogP contribution in [0.5, 0.6) is 0 Å². The zero-order valence-electron chi connectivity index (χ0n) is 17.6. The Labute approximate surface area is 178 Å². The lowest BCUT2D eigenvalue weighted by molar-refractivity contribution is 0.200. The molecule has 30 heavy (non-hydrogen) atoms. The zero-order chi connectivity index (χ0) is 21.6. The molecule has 2 aliphatic rings. The summed E-state index contributed by atoms with van der Waals surface area (Å²) in [5, 5.41) is 5.66. The highest BCUT2D eigenvalue weighted by Crippen LogP contribution is 2.21. The van der Waals surface area contributed by atoms with Crippen LogP contribution in [0, 0.1) is 0 Å². The summed E-state index contributed by atoms with van der Waals surface area (Å²) < 4.78 is 27.5. The Balaban J connectivity index is 1.63. The Morgan fingerprint density at radius 2 is 1.77 bits per heavy atom. The van der Waals surface area contributed by atoms with Crippen LogP contribution in [0.1, 0.15) is 56.6 Å². The average molecular weight is 437 g/mol.